The van der Waals surface area contributed by atoms with Crippen LogP contribution in [-0.2, 0) is 4.79 Å². The largest absolute Gasteiger partial charge is 0.341 e. The summed E-state index contributed by atoms with van der Waals surface area (Å²) in [6.45, 7) is 0. The number of amides is 1. The molecule has 0 spiro atoms. The Balaban J connectivity index is 1.92. The Hall–Kier alpha value is -0.0500. The minimum Gasteiger partial charge on any atom is -0.341 e. The Labute approximate surface area is 113 Å². The Kier molecular flexibility index (Phi) is 4.89. The fraction of sp³-hybridized carbons (Fsp3) is 0.929. The van der Waals surface area contributed by atoms with Crippen LogP contribution in [0.2, 0.25) is 0 Å². The molecule has 0 radical (unpaired) electrons. The first-order chi connectivity index (χ1) is 8.20. The molecule has 0 saturated heterocycles. The number of hydrogen-bond acceptors (Lipinski definition) is 1. The van der Waals surface area contributed by atoms with Crippen LogP contribution in [0.3, 0.4) is 0 Å². The van der Waals surface area contributed by atoms with Crippen molar-refractivity contribution in [3.8, 4) is 0 Å². The zero-order chi connectivity index (χ0) is 12.3. The van der Waals surface area contributed by atoms with Crippen LogP contribution in [0, 0.1) is 5.92 Å². The topological polar surface area (TPSA) is 20.3 Å². The molecule has 17 heavy (non-hydrogen) atoms. The fourth-order valence-electron chi connectivity index (χ4n) is 3.30. The maximum absolute atomic E-state index is 12.4. The van der Waals surface area contributed by atoms with Crippen LogP contribution in [0.25, 0.3) is 0 Å². The smallest absolute Gasteiger partial charge is 0.225 e. The van der Waals surface area contributed by atoms with Crippen molar-refractivity contribution < 1.29 is 4.79 Å². The van der Waals surface area contributed by atoms with Gasteiger partial charge in [-0.2, -0.15) is 0 Å². The molecular weight excluding hydrogens is 278 g/mol. The van der Waals surface area contributed by atoms with Crippen LogP contribution in [-0.4, -0.2) is 28.7 Å². The first kappa shape index (κ1) is 13.4. The summed E-state index contributed by atoms with van der Waals surface area (Å²) in [5.74, 6) is 0.719. The fourth-order valence-corrected chi connectivity index (χ4v) is 4.25. The summed E-state index contributed by atoms with van der Waals surface area (Å²) < 4.78 is 0. The molecule has 2 atom stereocenters. The van der Waals surface area contributed by atoms with Crippen LogP contribution in [0.1, 0.15) is 57.8 Å². The van der Waals surface area contributed by atoms with E-state index >= 15 is 0 Å². The van der Waals surface area contributed by atoms with Crippen molar-refractivity contribution in [3.63, 3.8) is 0 Å². The van der Waals surface area contributed by atoms with Gasteiger partial charge in [-0.3, -0.25) is 4.79 Å². The van der Waals surface area contributed by atoms with Crippen LogP contribution >= 0.6 is 15.9 Å². The SMILES string of the molecule is CN(C(=O)C1CCCCC1)C1CCCCC1Br. The number of hydrogen-bond donors (Lipinski definition) is 0. The molecule has 0 heterocycles. The van der Waals surface area contributed by atoms with Crippen LogP contribution in [0.15, 0.2) is 0 Å². The molecule has 0 aliphatic heterocycles. The van der Waals surface area contributed by atoms with Gasteiger partial charge in [0.2, 0.25) is 5.91 Å². The van der Waals surface area contributed by atoms with Crippen LogP contribution in [0.5, 0.6) is 0 Å². The number of nitrogens with zero attached hydrogens (tertiary/aromatic N) is 1. The van der Waals surface area contributed by atoms with Crippen molar-refractivity contribution in [3.05, 3.63) is 0 Å². The van der Waals surface area contributed by atoms with Gasteiger partial charge in [-0.05, 0) is 25.7 Å². The normalized spacial score (nSPS) is 31.2. The molecule has 98 valence electrons. The van der Waals surface area contributed by atoms with E-state index in [1.165, 1.54) is 44.9 Å². The molecule has 2 aliphatic rings. The molecule has 0 aromatic rings. The lowest BCUT2D eigenvalue weighted by atomic mass is 9.87. The second-order valence-electron chi connectivity index (χ2n) is 5.65. The standard InChI is InChI=1S/C14H24BrNO/c1-16(13-10-6-5-9-12(13)15)14(17)11-7-3-2-4-8-11/h11-13H,2-10H2,1H3. The quantitative estimate of drug-likeness (QED) is 0.712. The second-order valence-corrected chi connectivity index (χ2v) is 6.83. The van der Waals surface area contributed by atoms with Gasteiger partial charge >= 0.3 is 0 Å². The average Bonchev–Trinajstić information content (AvgIpc) is 2.39. The summed E-state index contributed by atoms with van der Waals surface area (Å²) in [6.07, 6.45) is 11.0. The van der Waals surface area contributed by atoms with E-state index in [0.29, 0.717) is 22.7 Å². The Morgan fingerprint density at radius 1 is 1.00 bits per heavy atom. The minimum atomic E-state index is 0.315. The highest BCUT2D eigenvalue weighted by atomic mass is 79.9. The molecule has 0 aromatic carbocycles. The molecule has 2 fully saturated rings. The van der Waals surface area contributed by atoms with Gasteiger partial charge in [0, 0.05) is 23.8 Å². The summed E-state index contributed by atoms with van der Waals surface area (Å²) in [5, 5.41) is 0. The van der Waals surface area contributed by atoms with Crippen molar-refractivity contribution in [1.29, 1.82) is 0 Å². The zero-order valence-electron chi connectivity index (χ0n) is 10.8. The van der Waals surface area contributed by atoms with E-state index in [1.54, 1.807) is 0 Å². The molecule has 1 amide bonds. The monoisotopic (exact) mass is 301 g/mol. The highest BCUT2D eigenvalue weighted by molar-refractivity contribution is 9.09. The van der Waals surface area contributed by atoms with Crippen molar-refractivity contribution >= 4 is 21.8 Å². The van der Waals surface area contributed by atoms with Gasteiger partial charge < -0.3 is 4.90 Å². The predicted molar refractivity (Wildman–Crippen MR) is 74.3 cm³/mol. The number of rotatable bonds is 2. The third kappa shape index (κ3) is 3.24. The lowest BCUT2D eigenvalue weighted by Gasteiger charge is -2.37. The molecule has 0 N–H and O–H groups in total. The summed E-state index contributed by atoms with van der Waals surface area (Å²) in [5.41, 5.74) is 0. The highest BCUT2D eigenvalue weighted by Crippen LogP contribution is 2.31. The first-order valence-electron chi connectivity index (χ1n) is 7.11. The lowest BCUT2D eigenvalue weighted by molar-refractivity contribution is -0.137. The maximum atomic E-state index is 12.4. The molecule has 2 nitrogen and oxygen atoms in total. The Morgan fingerprint density at radius 3 is 2.24 bits per heavy atom. The molecule has 2 saturated carbocycles. The molecule has 3 heteroatoms. The van der Waals surface area contributed by atoms with Crippen molar-refractivity contribution in [2.24, 2.45) is 5.92 Å². The average molecular weight is 302 g/mol. The predicted octanol–water partition coefficient (Wildman–Crippen LogP) is 3.73. The van der Waals surface area contributed by atoms with Gasteiger partial charge in [0.25, 0.3) is 0 Å². The van der Waals surface area contributed by atoms with Gasteiger partial charge in [0.05, 0.1) is 0 Å². The first-order valence-corrected chi connectivity index (χ1v) is 8.02. The van der Waals surface area contributed by atoms with Gasteiger partial charge in [0.15, 0.2) is 0 Å². The Morgan fingerprint density at radius 2 is 1.59 bits per heavy atom. The van der Waals surface area contributed by atoms with Crippen LogP contribution in [0.4, 0.5) is 0 Å². The number of alkyl halides is 1. The molecule has 2 aliphatic carbocycles. The van der Waals surface area contributed by atoms with E-state index in [0.717, 1.165) is 12.8 Å². The van der Waals surface area contributed by atoms with Gasteiger partial charge in [-0.1, -0.05) is 48.0 Å². The van der Waals surface area contributed by atoms with Crippen molar-refractivity contribution in [1.82, 2.24) is 4.90 Å². The summed E-state index contributed by atoms with van der Waals surface area (Å²) in [6, 6.07) is 0.429. The molecular formula is C14H24BrNO. The molecule has 0 aromatic heterocycles. The van der Waals surface area contributed by atoms with E-state index in [4.69, 9.17) is 0 Å². The highest BCUT2D eigenvalue weighted by Gasteiger charge is 2.32. The number of carbonyl (C=O) groups excluding carboxylic acids is 1. The lowest BCUT2D eigenvalue weighted by Crippen LogP contribution is -2.46. The van der Waals surface area contributed by atoms with Gasteiger partial charge in [-0.15, -0.1) is 0 Å². The van der Waals surface area contributed by atoms with E-state index in [-0.39, 0.29) is 0 Å². The third-order valence-corrected chi connectivity index (χ3v) is 5.51. The maximum Gasteiger partial charge on any atom is 0.225 e. The van der Waals surface area contributed by atoms with Crippen LogP contribution < -0.4 is 0 Å². The number of halogens is 1. The third-order valence-electron chi connectivity index (χ3n) is 4.45. The van der Waals surface area contributed by atoms with Crippen molar-refractivity contribution in [2.75, 3.05) is 7.05 Å². The number of carbonyl (C=O) groups is 1. The van der Waals surface area contributed by atoms with Crippen molar-refractivity contribution in [2.45, 2.75) is 68.7 Å². The van der Waals surface area contributed by atoms with E-state index in [1.807, 2.05) is 7.05 Å². The second kappa shape index (κ2) is 6.21. The summed E-state index contributed by atoms with van der Waals surface area (Å²) in [7, 11) is 2.02. The molecule has 0 bridgehead atoms. The summed E-state index contributed by atoms with van der Waals surface area (Å²) >= 11 is 3.75. The zero-order valence-corrected chi connectivity index (χ0v) is 12.4. The Bertz CT molecular complexity index is 263. The van der Waals surface area contributed by atoms with Gasteiger partial charge in [-0.25, -0.2) is 0 Å². The van der Waals surface area contributed by atoms with Gasteiger partial charge in [0.1, 0.15) is 0 Å². The van der Waals surface area contributed by atoms with E-state index in [9.17, 15) is 4.79 Å². The van der Waals surface area contributed by atoms with E-state index in [2.05, 4.69) is 20.8 Å². The summed E-state index contributed by atoms with van der Waals surface area (Å²) in [4.78, 5) is 15.0. The molecule has 2 rings (SSSR count). The van der Waals surface area contributed by atoms with E-state index < -0.39 is 0 Å². The minimum absolute atomic E-state index is 0.315. The molecule has 2 unspecified atom stereocenters.